The number of carbonyl (C=O) groups is 1. The maximum absolute atomic E-state index is 10.7. The van der Waals surface area contributed by atoms with Gasteiger partial charge < -0.3 is 4.74 Å². The van der Waals surface area contributed by atoms with E-state index in [0.717, 1.165) is 24.0 Å². The second-order valence-electron chi connectivity index (χ2n) is 2.96. The van der Waals surface area contributed by atoms with Gasteiger partial charge in [-0.05, 0) is 25.0 Å². The molecule has 0 bridgehead atoms. The van der Waals surface area contributed by atoms with Crippen molar-refractivity contribution in [2.75, 3.05) is 6.61 Å². The largest absolute Gasteiger partial charge is 0.493 e. The van der Waals surface area contributed by atoms with Crippen LogP contribution in [0.4, 0.5) is 0 Å². The van der Waals surface area contributed by atoms with Crippen LogP contribution in [0.2, 0.25) is 0 Å². The lowest BCUT2D eigenvalue weighted by Gasteiger charge is -2.09. The van der Waals surface area contributed by atoms with Crippen molar-refractivity contribution in [1.82, 2.24) is 0 Å². The normalized spacial score (nSPS) is 9.69. The number of rotatable bonds is 4. The maximum atomic E-state index is 10.7. The molecule has 2 nitrogen and oxygen atoms in total. The van der Waals surface area contributed by atoms with Gasteiger partial charge in [-0.15, -0.1) is 0 Å². The van der Waals surface area contributed by atoms with Crippen molar-refractivity contribution in [3.05, 3.63) is 29.3 Å². The Morgan fingerprint density at radius 2 is 2.23 bits per heavy atom. The summed E-state index contributed by atoms with van der Waals surface area (Å²) in [5.41, 5.74) is 1.64. The Morgan fingerprint density at radius 1 is 1.46 bits per heavy atom. The highest BCUT2D eigenvalue weighted by atomic mass is 16.5. The van der Waals surface area contributed by atoms with Crippen molar-refractivity contribution < 1.29 is 9.53 Å². The topological polar surface area (TPSA) is 26.3 Å². The smallest absolute Gasteiger partial charge is 0.153 e. The molecule has 2 heteroatoms. The molecule has 0 radical (unpaired) electrons. The number of benzene rings is 1. The van der Waals surface area contributed by atoms with Crippen LogP contribution in [-0.2, 0) is 0 Å². The van der Waals surface area contributed by atoms with Gasteiger partial charge in [0.25, 0.3) is 0 Å². The molecule has 0 atom stereocenters. The zero-order valence-corrected chi connectivity index (χ0v) is 8.04. The molecule has 70 valence electrons. The van der Waals surface area contributed by atoms with Gasteiger partial charge in [-0.25, -0.2) is 0 Å². The van der Waals surface area contributed by atoms with E-state index in [0.29, 0.717) is 12.2 Å². The van der Waals surface area contributed by atoms with Crippen molar-refractivity contribution >= 4 is 6.29 Å². The molecule has 0 spiro atoms. The summed E-state index contributed by atoms with van der Waals surface area (Å²) < 4.78 is 5.48. The predicted octanol–water partition coefficient (Wildman–Crippen LogP) is 2.60. The van der Waals surface area contributed by atoms with Crippen molar-refractivity contribution in [2.45, 2.75) is 20.3 Å². The number of hydrogen-bond acceptors (Lipinski definition) is 2. The molecule has 0 heterocycles. The summed E-state index contributed by atoms with van der Waals surface area (Å²) in [6, 6.07) is 5.57. The molecular weight excluding hydrogens is 164 g/mol. The van der Waals surface area contributed by atoms with E-state index < -0.39 is 0 Å². The number of hydrogen-bond donors (Lipinski definition) is 0. The summed E-state index contributed by atoms with van der Waals surface area (Å²) in [5, 5.41) is 0. The molecule has 0 saturated carbocycles. The van der Waals surface area contributed by atoms with Crippen LogP contribution in [0.3, 0.4) is 0 Å². The molecule has 0 fully saturated rings. The van der Waals surface area contributed by atoms with E-state index >= 15 is 0 Å². The Balaban J connectivity index is 2.93. The van der Waals surface area contributed by atoms with E-state index in [1.165, 1.54) is 0 Å². The first-order valence-electron chi connectivity index (χ1n) is 4.47. The lowest BCUT2D eigenvalue weighted by atomic mass is 10.1. The molecule has 0 unspecified atom stereocenters. The van der Waals surface area contributed by atoms with Gasteiger partial charge in [0, 0.05) is 0 Å². The minimum atomic E-state index is 0.633. The van der Waals surface area contributed by atoms with Crippen LogP contribution in [0.1, 0.15) is 29.3 Å². The van der Waals surface area contributed by atoms with E-state index in [2.05, 4.69) is 0 Å². The van der Waals surface area contributed by atoms with Crippen LogP contribution in [0, 0.1) is 6.92 Å². The fraction of sp³-hybridized carbons (Fsp3) is 0.364. The second kappa shape index (κ2) is 4.65. The second-order valence-corrected chi connectivity index (χ2v) is 2.96. The zero-order valence-electron chi connectivity index (χ0n) is 8.04. The number of aryl methyl sites for hydroxylation is 1. The van der Waals surface area contributed by atoms with Gasteiger partial charge in [0.2, 0.25) is 0 Å². The fourth-order valence-corrected chi connectivity index (χ4v) is 1.17. The minimum Gasteiger partial charge on any atom is -0.493 e. The van der Waals surface area contributed by atoms with Crippen LogP contribution >= 0.6 is 0 Å². The Kier molecular flexibility index (Phi) is 3.50. The van der Waals surface area contributed by atoms with Crippen molar-refractivity contribution in [3.8, 4) is 5.75 Å². The molecule has 1 aromatic rings. The highest BCUT2D eigenvalue weighted by molar-refractivity contribution is 5.80. The summed E-state index contributed by atoms with van der Waals surface area (Å²) in [6.45, 7) is 4.64. The third-order valence-corrected chi connectivity index (χ3v) is 1.82. The zero-order chi connectivity index (χ0) is 9.68. The number of para-hydroxylation sites is 1. The summed E-state index contributed by atoms with van der Waals surface area (Å²) in [5.74, 6) is 0.722. The minimum absolute atomic E-state index is 0.633. The molecule has 0 amide bonds. The molecule has 0 aromatic heterocycles. The first-order valence-corrected chi connectivity index (χ1v) is 4.47. The van der Waals surface area contributed by atoms with Gasteiger partial charge in [-0.1, -0.05) is 19.1 Å². The molecule has 13 heavy (non-hydrogen) atoms. The Bertz CT molecular complexity index is 292. The lowest BCUT2D eigenvalue weighted by Crippen LogP contribution is -2.00. The number of carbonyl (C=O) groups excluding carboxylic acids is 1. The first kappa shape index (κ1) is 9.78. The molecular formula is C11H14O2. The van der Waals surface area contributed by atoms with Crippen molar-refractivity contribution in [2.24, 2.45) is 0 Å². The molecule has 0 aliphatic heterocycles. The van der Waals surface area contributed by atoms with Crippen LogP contribution in [-0.4, -0.2) is 12.9 Å². The SMILES string of the molecule is CCCOc1c(C)cccc1C=O. The summed E-state index contributed by atoms with van der Waals surface area (Å²) in [7, 11) is 0. The highest BCUT2D eigenvalue weighted by Gasteiger charge is 2.04. The van der Waals surface area contributed by atoms with Gasteiger partial charge in [-0.2, -0.15) is 0 Å². The summed E-state index contributed by atoms with van der Waals surface area (Å²) in [4.78, 5) is 10.7. The molecule has 0 N–H and O–H groups in total. The van der Waals surface area contributed by atoms with Gasteiger partial charge >= 0.3 is 0 Å². The molecule has 0 saturated heterocycles. The third-order valence-electron chi connectivity index (χ3n) is 1.82. The van der Waals surface area contributed by atoms with Crippen molar-refractivity contribution in [3.63, 3.8) is 0 Å². The van der Waals surface area contributed by atoms with Crippen LogP contribution in [0.5, 0.6) is 5.75 Å². The van der Waals surface area contributed by atoms with Gasteiger partial charge in [0.05, 0.1) is 12.2 Å². The summed E-state index contributed by atoms with van der Waals surface area (Å²) in [6.07, 6.45) is 1.78. The van der Waals surface area contributed by atoms with E-state index in [4.69, 9.17) is 4.74 Å². The predicted molar refractivity (Wildman–Crippen MR) is 52.4 cm³/mol. The van der Waals surface area contributed by atoms with Gasteiger partial charge in [0.1, 0.15) is 5.75 Å². The van der Waals surface area contributed by atoms with E-state index in [1.807, 2.05) is 26.0 Å². The Morgan fingerprint density at radius 3 is 2.85 bits per heavy atom. The Hall–Kier alpha value is -1.31. The number of ether oxygens (including phenoxy) is 1. The third kappa shape index (κ3) is 2.31. The quantitative estimate of drug-likeness (QED) is 0.662. The van der Waals surface area contributed by atoms with Crippen molar-refractivity contribution in [1.29, 1.82) is 0 Å². The fourth-order valence-electron chi connectivity index (χ4n) is 1.17. The average Bonchev–Trinajstić information content (AvgIpc) is 2.15. The van der Waals surface area contributed by atoms with E-state index in [-0.39, 0.29) is 0 Å². The standard InChI is InChI=1S/C11H14O2/c1-3-7-13-11-9(2)5-4-6-10(11)8-12/h4-6,8H,3,7H2,1-2H3. The van der Waals surface area contributed by atoms with Crippen LogP contribution in [0.15, 0.2) is 18.2 Å². The first-order chi connectivity index (χ1) is 6.29. The monoisotopic (exact) mass is 178 g/mol. The molecule has 1 aromatic carbocycles. The maximum Gasteiger partial charge on any atom is 0.153 e. The lowest BCUT2D eigenvalue weighted by molar-refractivity contribution is 0.111. The highest BCUT2D eigenvalue weighted by Crippen LogP contribution is 2.21. The van der Waals surface area contributed by atoms with Crippen LogP contribution < -0.4 is 4.74 Å². The average molecular weight is 178 g/mol. The Labute approximate surface area is 78.5 Å². The molecule has 0 aliphatic rings. The molecule has 0 aliphatic carbocycles. The van der Waals surface area contributed by atoms with Gasteiger partial charge in [0.15, 0.2) is 6.29 Å². The van der Waals surface area contributed by atoms with Crippen LogP contribution in [0.25, 0.3) is 0 Å². The summed E-state index contributed by atoms with van der Waals surface area (Å²) >= 11 is 0. The van der Waals surface area contributed by atoms with E-state index in [9.17, 15) is 4.79 Å². The van der Waals surface area contributed by atoms with Gasteiger partial charge in [-0.3, -0.25) is 4.79 Å². The van der Waals surface area contributed by atoms with E-state index in [1.54, 1.807) is 6.07 Å². The number of aldehydes is 1. The molecule has 1 rings (SSSR count).